The number of hydrogen-bond acceptors (Lipinski definition) is 7. The Morgan fingerprint density at radius 3 is 2.51 bits per heavy atom. The summed E-state index contributed by atoms with van der Waals surface area (Å²) in [5.41, 5.74) is 2.29. The molecule has 9 heteroatoms. The molecule has 0 saturated carbocycles. The summed E-state index contributed by atoms with van der Waals surface area (Å²) in [5.74, 6) is 5.42. The fraction of sp³-hybridized carbons (Fsp3) is 0.577. The molecule has 0 radical (unpaired) electrons. The van der Waals surface area contributed by atoms with Crippen LogP contribution in [-0.2, 0) is 30.3 Å². The van der Waals surface area contributed by atoms with Crippen molar-refractivity contribution in [3.05, 3.63) is 34.9 Å². The van der Waals surface area contributed by atoms with Crippen LogP contribution >= 0.6 is 0 Å². The summed E-state index contributed by atoms with van der Waals surface area (Å²) in [5, 5.41) is 5.61. The third kappa shape index (κ3) is 8.44. The summed E-state index contributed by atoms with van der Waals surface area (Å²) in [6.07, 6.45) is 2.32. The quantitative estimate of drug-likeness (QED) is 0.232. The first-order valence-electron chi connectivity index (χ1n) is 12.3. The largest absolute Gasteiger partial charge is 0.379 e. The predicted octanol–water partition coefficient (Wildman–Crippen LogP) is 1.24. The molecule has 2 aliphatic heterocycles. The maximum Gasteiger partial charge on any atom is 0.255 e. The fourth-order valence-electron chi connectivity index (χ4n) is 3.92. The van der Waals surface area contributed by atoms with Gasteiger partial charge in [0.1, 0.15) is 6.04 Å². The first kappa shape index (κ1) is 26.8. The van der Waals surface area contributed by atoms with Gasteiger partial charge in [-0.1, -0.05) is 18.8 Å². The van der Waals surface area contributed by atoms with E-state index in [-0.39, 0.29) is 18.2 Å². The van der Waals surface area contributed by atoms with Crippen molar-refractivity contribution in [2.24, 2.45) is 0 Å². The lowest BCUT2D eigenvalue weighted by Gasteiger charge is -2.29. The van der Waals surface area contributed by atoms with Crippen molar-refractivity contribution in [2.45, 2.75) is 45.2 Å². The van der Waals surface area contributed by atoms with Crippen LogP contribution in [0.25, 0.3) is 0 Å². The van der Waals surface area contributed by atoms with Crippen LogP contribution in [0.4, 0.5) is 0 Å². The zero-order valence-corrected chi connectivity index (χ0v) is 20.4. The molecule has 1 saturated heterocycles. The molecule has 0 aliphatic carbocycles. The minimum Gasteiger partial charge on any atom is -0.379 e. The maximum atomic E-state index is 12.7. The third-order valence-corrected chi connectivity index (χ3v) is 5.70. The van der Waals surface area contributed by atoms with Crippen molar-refractivity contribution in [2.75, 3.05) is 52.7 Å². The Morgan fingerprint density at radius 1 is 1.03 bits per heavy atom. The van der Waals surface area contributed by atoms with Crippen molar-refractivity contribution in [3.8, 4) is 11.8 Å². The number of ether oxygens (including phenoxy) is 3. The van der Waals surface area contributed by atoms with Gasteiger partial charge in [-0.25, -0.2) is 0 Å². The van der Waals surface area contributed by atoms with Gasteiger partial charge in [0.2, 0.25) is 11.8 Å². The molecule has 1 atom stereocenters. The third-order valence-electron chi connectivity index (χ3n) is 5.70. The van der Waals surface area contributed by atoms with E-state index in [9.17, 15) is 14.4 Å². The second-order valence-electron chi connectivity index (χ2n) is 8.41. The molecule has 190 valence electrons. The molecule has 0 aromatic heterocycles. The smallest absolute Gasteiger partial charge is 0.255 e. The van der Waals surface area contributed by atoms with Crippen LogP contribution in [0.5, 0.6) is 0 Å². The fourth-order valence-corrected chi connectivity index (χ4v) is 3.92. The zero-order valence-electron chi connectivity index (χ0n) is 20.4. The highest BCUT2D eigenvalue weighted by molar-refractivity contribution is 6.05. The van der Waals surface area contributed by atoms with Crippen LogP contribution in [0.1, 0.15) is 54.1 Å². The number of carbonyl (C=O) groups is 3. The number of fused-ring (bicyclic) bond motifs is 1. The summed E-state index contributed by atoms with van der Waals surface area (Å²) >= 11 is 0. The highest BCUT2D eigenvalue weighted by Crippen LogP contribution is 2.28. The number of nitrogens with one attached hydrogen (secondary N) is 2. The van der Waals surface area contributed by atoms with Crippen molar-refractivity contribution < 1.29 is 28.6 Å². The molecule has 35 heavy (non-hydrogen) atoms. The number of piperidine rings is 1. The van der Waals surface area contributed by atoms with E-state index in [0.29, 0.717) is 58.0 Å². The highest BCUT2D eigenvalue weighted by atomic mass is 16.5. The van der Waals surface area contributed by atoms with E-state index < -0.39 is 11.9 Å². The van der Waals surface area contributed by atoms with E-state index in [1.165, 1.54) is 0 Å². The van der Waals surface area contributed by atoms with Crippen molar-refractivity contribution >= 4 is 17.7 Å². The topological polar surface area (TPSA) is 106 Å². The van der Waals surface area contributed by atoms with Gasteiger partial charge in [0.25, 0.3) is 5.91 Å². The normalized spacial score (nSPS) is 17.2. The highest BCUT2D eigenvalue weighted by Gasteiger charge is 2.38. The van der Waals surface area contributed by atoms with E-state index in [2.05, 4.69) is 29.4 Å². The summed E-state index contributed by atoms with van der Waals surface area (Å²) in [4.78, 5) is 37.8. The summed E-state index contributed by atoms with van der Waals surface area (Å²) in [6.45, 7) is 7.69. The molecule has 1 fully saturated rings. The van der Waals surface area contributed by atoms with Crippen LogP contribution in [0.3, 0.4) is 0 Å². The lowest BCUT2D eigenvalue weighted by molar-refractivity contribution is -0.136. The van der Waals surface area contributed by atoms with E-state index in [1.807, 2.05) is 12.1 Å². The molecular weight excluding hydrogens is 450 g/mol. The number of rotatable bonds is 14. The van der Waals surface area contributed by atoms with Crippen LogP contribution in [-0.4, -0.2) is 81.4 Å². The molecule has 2 aliphatic rings. The number of nitrogens with zero attached hydrogens (tertiary/aromatic N) is 1. The SMILES string of the molecule is CCCOCCOCCOCCNCCC#Cc1ccc2c(c1)CN(C1CCC(=O)NC1=O)C2=O. The molecule has 2 heterocycles. The number of amides is 3. The Balaban J connectivity index is 1.29. The molecule has 1 unspecified atom stereocenters. The minimum atomic E-state index is -0.602. The van der Waals surface area contributed by atoms with Crippen LogP contribution in [0, 0.1) is 11.8 Å². The van der Waals surface area contributed by atoms with Gasteiger partial charge in [0.05, 0.1) is 33.0 Å². The van der Waals surface area contributed by atoms with E-state index >= 15 is 0 Å². The van der Waals surface area contributed by atoms with Crippen LogP contribution in [0.2, 0.25) is 0 Å². The maximum absolute atomic E-state index is 12.7. The van der Waals surface area contributed by atoms with Gasteiger partial charge < -0.3 is 24.4 Å². The number of imide groups is 1. The Morgan fingerprint density at radius 2 is 1.77 bits per heavy atom. The molecule has 0 spiro atoms. The molecule has 1 aromatic carbocycles. The Hall–Kier alpha value is -2.77. The van der Waals surface area contributed by atoms with Gasteiger partial charge in [-0.2, -0.15) is 0 Å². The van der Waals surface area contributed by atoms with Crippen molar-refractivity contribution in [1.82, 2.24) is 15.5 Å². The lowest BCUT2D eigenvalue weighted by Crippen LogP contribution is -2.52. The minimum absolute atomic E-state index is 0.173. The first-order valence-corrected chi connectivity index (χ1v) is 12.3. The summed E-state index contributed by atoms with van der Waals surface area (Å²) in [6, 6.07) is 4.91. The standard InChI is InChI=1S/C26H35N3O6/c1-2-12-33-14-16-35-17-15-34-13-11-27-10-4-3-5-20-6-7-22-21(18-20)19-29(26(22)32)23-8-9-24(30)28-25(23)31/h6-7,18,23,27H,2,4,8-17,19H2,1H3,(H,28,30,31). The molecule has 1 aromatic rings. The second-order valence-corrected chi connectivity index (χ2v) is 8.41. The second kappa shape index (κ2) is 14.6. The molecule has 2 N–H and O–H groups in total. The van der Waals surface area contributed by atoms with Gasteiger partial charge in [-0.15, -0.1) is 0 Å². The number of hydrogen-bond donors (Lipinski definition) is 2. The lowest BCUT2D eigenvalue weighted by atomic mass is 10.0. The van der Waals surface area contributed by atoms with E-state index in [0.717, 1.165) is 37.2 Å². The average molecular weight is 486 g/mol. The average Bonchev–Trinajstić information content (AvgIpc) is 3.17. The molecule has 3 rings (SSSR count). The van der Waals surface area contributed by atoms with Gasteiger partial charge in [0, 0.05) is 50.2 Å². The Bertz CT molecular complexity index is 939. The zero-order chi connectivity index (χ0) is 24.9. The molecule has 9 nitrogen and oxygen atoms in total. The van der Waals surface area contributed by atoms with Gasteiger partial charge in [-0.05, 0) is 36.6 Å². The van der Waals surface area contributed by atoms with Crippen LogP contribution < -0.4 is 10.6 Å². The van der Waals surface area contributed by atoms with E-state index in [4.69, 9.17) is 14.2 Å². The van der Waals surface area contributed by atoms with Gasteiger partial charge in [-0.3, -0.25) is 19.7 Å². The molecular formula is C26H35N3O6. The van der Waals surface area contributed by atoms with E-state index in [1.54, 1.807) is 11.0 Å². The van der Waals surface area contributed by atoms with Gasteiger partial charge >= 0.3 is 0 Å². The molecule has 3 amide bonds. The number of carbonyl (C=O) groups excluding carboxylic acids is 3. The molecule has 0 bridgehead atoms. The van der Waals surface area contributed by atoms with Gasteiger partial charge in [0.15, 0.2) is 0 Å². The monoisotopic (exact) mass is 485 g/mol. The summed E-state index contributed by atoms with van der Waals surface area (Å²) < 4.78 is 16.3. The Labute approximate surface area is 206 Å². The van der Waals surface area contributed by atoms with Crippen LogP contribution in [0.15, 0.2) is 18.2 Å². The first-order chi connectivity index (χ1) is 17.1. The van der Waals surface area contributed by atoms with Crippen molar-refractivity contribution in [1.29, 1.82) is 0 Å². The van der Waals surface area contributed by atoms with Crippen molar-refractivity contribution in [3.63, 3.8) is 0 Å². The Kier molecular flexibility index (Phi) is 11.2. The summed E-state index contributed by atoms with van der Waals surface area (Å²) in [7, 11) is 0. The number of benzene rings is 1. The predicted molar refractivity (Wildman–Crippen MR) is 130 cm³/mol.